The van der Waals surface area contributed by atoms with Crippen molar-refractivity contribution >= 4 is 0 Å². The molecule has 2 atom stereocenters. The van der Waals surface area contributed by atoms with E-state index in [1.165, 1.54) is 19.3 Å². The van der Waals surface area contributed by atoms with Crippen LogP contribution in [-0.2, 0) is 6.54 Å². The van der Waals surface area contributed by atoms with Gasteiger partial charge in [-0.3, -0.25) is 0 Å². The smallest absolute Gasteiger partial charge is 0.181 e. The summed E-state index contributed by atoms with van der Waals surface area (Å²) in [6.07, 6.45) is 5.48. The molecule has 1 fully saturated rings. The molecule has 3 heteroatoms. The van der Waals surface area contributed by atoms with Crippen molar-refractivity contribution in [1.82, 2.24) is 10.3 Å². The second-order valence-corrected chi connectivity index (χ2v) is 4.21. The molecule has 3 nitrogen and oxygen atoms in total. The summed E-state index contributed by atoms with van der Waals surface area (Å²) in [5.74, 6) is 2.46. The minimum atomic E-state index is 0.598. The largest absolute Gasteiger partial charge is 0.448 e. The number of rotatable bonds is 3. The van der Waals surface area contributed by atoms with Gasteiger partial charge >= 0.3 is 0 Å². The molecule has 0 amide bonds. The molecule has 1 N–H and O–H groups in total. The molecule has 1 aliphatic carbocycles. The predicted octanol–water partition coefficient (Wildman–Crippen LogP) is 2.30. The van der Waals surface area contributed by atoms with E-state index in [4.69, 9.17) is 4.42 Å². The van der Waals surface area contributed by atoms with Crippen LogP contribution >= 0.6 is 0 Å². The summed E-state index contributed by atoms with van der Waals surface area (Å²) in [4.78, 5) is 4.26. The van der Waals surface area contributed by atoms with E-state index in [2.05, 4.69) is 17.2 Å². The van der Waals surface area contributed by atoms with Gasteiger partial charge in [0.2, 0.25) is 0 Å². The van der Waals surface area contributed by atoms with E-state index in [1.54, 1.807) is 6.39 Å². The average Bonchev–Trinajstić information content (AvgIpc) is 2.74. The van der Waals surface area contributed by atoms with Crippen LogP contribution in [0.2, 0.25) is 0 Å². The van der Waals surface area contributed by atoms with E-state index < -0.39 is 0 Å². The third-order valence-electron chi connectivity index (χ3n) is 3.22. The molecule has 1 heterocycles. The van der Waals surface area contributed by atoms with Gasteiger partial charge < -0.3 is 9.73 Å². The van der Waals surface area contributed by atoms with E-state index in [1.807, 2.05) is 7.05 Å². The molecule has 1 saturated carbocycles. The molecule has 1 aliphatic rings. The molecule has 14 heavy (non-hydrogen) atoms. The lowest BCUT2D eigenvalue weighted by molar-refractivity contribution is 0.408. The molecule has 2 unspecified atom stereocenters. The molecule has 0 spiro atoms. The van der Waals surface area contributed by atoms with Gasteiger partial charge in [-0.05, 0) is 25.8 Å². The van der Waals surface area contributed by atoms with Crippen LogP contribution < -0.4 is 5.32 Å². The lowest BCUT2D eigenvalue weighted by atomic mass is 9.94. The van der Waals surface area contributed by atoms with Crippen LogP contribution in [0.4, 0.5) is 0 Å². The minimum absolute atomic E-state index is 0.598. The average molecular weight is 194 g/mol. The molecule has 1 aromatic heterocycles. The molecule has 0 saturated heterocycles. The molecule has 0 bridgehead atoms. The van der Waals surface area contributed by atoms with Crippen LogP contribution in [-0.4, -0.2) is 12.0 Å². The Labute approximate surface area is 84.9 Å². The highest BCUT2D eigenvalue weighted by atomic mass is 16.3. The highest BCUT2D eigenvalue weighted by Crippen LogP contribution is 2.40. The van der Waals surface area contributed by atoms with Gasteiger partial charge in [-0.15, -0.1) is 0 Å². The minimum Gasteiger partial charge on any atom is -0.448 e. The zero-order valence-electron chi connectivity index (χ0n) is 8.92. The predicted molar refractivity (Wildman–Crippen MR) is 55.0 cm³/mol. The second kappa shape index (κ2) is 4.13. The first-order valence-corrected chi connectivity index (χ1v) is 5.39. The van der Waals surface area contributed by atoms with Gasteiger partial charge in [-0.25, -0.2) is 4.98 Å². The monoisotopic (exact) mass is 194 g/mol. The van der Waals surface area contributed by atoms with Gasteiger partial charge in [0.15, 0.2) is 6.39 Å². The van der Waals surface area contributed by atoms with Gasteiger partial charge in [-0.2, -0.15) is 0 Å². The Bertz CT molecular complexity index is 295. The maximum absolute atomic E-state index is 5.52. The topological polar surface area (TPSA) is 38.1 Å². The quantitative estimate of drug-likeness (QED) is 0.802. The maximum atomic E-state index is 5.52. The Kier molecular flexibility index (Phi) is 2.87. The van der Waals surface area contributed by atoms with Crippen LogP contribution in [0.15, 0.2) is 10.8 Å². The van der Waals surface area contributed by atoms with Crippen molar-refractivity contribution in [2.24, 2.45) is 5.92 Å². The molecule has 0 aromatic carbocycles. The first kappa shape index (κ1) is 9.71. The highest BCUT2D eigenvalue weighted by molar-refractivity contribution is 5.14. The fourth-order valence-electron chi connectivity index (χ4n) is 2.41. The maximum Gasteiger partial charge on any atom is 0.181 e. The summed E-state index contributed by atoms with van der Waals surface area (Å²) in [7, 11) is 1.94. The van der Waals surface area contributed by atoms with Gasteiger partial charge in [0.1, 0.15) is 5.76 Å². The fourth-order valence-corrected chi connectivity index (χ4v) is 2.41. The van der Waals surface area contributed by atoms with Crippen molar-refractivity contribution in [1.29, 1.82) is 0 Å². The molecule has 0 aliphatic heterocycles. The van der Waals surface area contributed by atoms with Gasteiger partial charge in [0.25, 0.3) is 0 Å². The zero-order valence-corrected chi connectivity index (χ0v) is 8.92. The number of aromatic nitrogens is 1. The van der Waals surface area contributed by atoms with Gasteiger partial charge in [0, 0.05) is 12.5 Å². The lowest BCUT2D eigenvalue weighted by Gasteiger charge is -2.13. The summed E-state index contributed by atoms with van der Waals surface area (Å²) in [5.41, 5.74) is 1.09. The Morgan fingerprint density at radius 2 is 2.43 bits per heavy atom. The van der Waals surface area contributed by atoms with Crippen molar-refractivity contribution < 1.29 is 4.42 Å². The number of nitrogens with one attached hydrogen (secondary N) is 1. The molecule has 2 rings (SSSR count). The summed E-state index contributed by atoms with van der Waals surface area (Å²) < 4.78 is 5.52. The second-order valence-electron chi connectivity index (χ2n) is 4.21. The van der Waals surface area contributed by atoms with E-state index >= 15 is 0 Å². The lowest BCUT2D eigenvalue weighted by Crippen LogP contribution is -2.10. The Hall–Kier alpha value is -0.830. The molecule has 78 valence electrons. The van der Waals surface area contributed by atoms with Crippen molar-refractivity contribution in [2.45, 2.75) is 38.6 Å². The third-order valence-corrected chi connectivity index (χ3v) is 3.22. The Morgan fingerprint density at radius 3 is 3.07 bits per heavy atom. The van der Waals surface area contributed by atoms with E-state index in [9.17, 15) is 0 Å². The standard InChI is InChI=1S/C11H18N2O/c1-8-4-3-5-9(8)11-10(6-12-2)13-7-14-11/h7-9,12H,3-6H2,1-2H3. The molecular weight excluding hydrogens is 176 g/mol. The first-order chi connectivity index (χ1) is 6.83. The number of hydrogen-bond acceptors (Lipinski definition) is 3. The SMILES string of the molecule is CNCc1ncoc1C1CCCC1C. The molecule has 1 aromatic rings. The fraction of sp³-hybridized carbons (Fsp3) is 0.727. The Balaban J connectivity index is 2.17. The van der Waals surface area contributed by atoms with E-state index in [0.29, 0.717) is 5.92 Å². The van der Waals surface area contributed by atoms with Crippen molar-refractivity contribution in [3.05, 3.63) is 17.8 Å². The summed E-state index contributed by atoms with van der Waals surface area (Å²) in [5, 5.41) is 3.13. The van der Waals surface area contributed by atoms with E-state index in [-0.39, 0.29) is 0 Å². The van der Waals surface area contributed by atoms with Crippen LogP contribution in [0, 0.1) is 5.92 Å². The van der Waals surface area contributed by atoms with Crippen molar-refractivity contribution in [3.63, 3.8) is 0 Å². The number of hydrogen-bond donors (Lipinski definition) is 1. The summed E-state index contributed by atoms with van der Waals surface area (Å²) >= 11 is 0. The summed E-state index contributed by atoms with van der Waals surface area (Å²) in [6.45, 7) is 3.12. The number of nitrogens with zero attached hydrogens (tertiary/aromatic N) is 1. The normalized spacial score (nSPS) is 27.0. The van der Waals surface area contributed by atoms with Gasteiger partial charge in [-0.1, -0.05) is 13.3 Å². The first-order valence-electron chi connectivity index (χ1n) is 5.39. The van der Waals surface area contributed by atoms with Crippen molar-refractivity contribution in [2.75, 3.05) is 7.05 Å². The summed E-state index contributed by atoms with van der Waals surface area (Å²) in [6, 6.07) is 0. The van der Waals surface area contributed by atoms with Crippen LogP contribution in [0.25, 0.3) is 0 Å². The van der Waals surface area contributed by atoms with E-state index in [0.717, 1.165) is 23.9 Å². The van der Waals surface area contributed by atoms with Crippen molar-refractivity contribution in [3.8, 4) is 0 Å². The highest BCUT2D eigenvalue weighted by Gasteiger charge is 2.29. The van der Waals surface area contributed by atoms with Crippen LogP contribution in [0.1, 0.15) is 43.6 Å². The Morgan fingerprint density at radius 1 is 1.57 bits per heavy atom. The zero-order chi connectivity index (χ0) is 9.97. The molecule has 0 radical (unpaired) electrons. The molecular formula is C11H18N2O. The van der Waals surface area contributed by atoms with Gasteiger partial charge in [0.05, 0.1) is 5.69 Å². The third kappa shape index (κ3) is 1.69. The van der Waals surface area contributed by atoms with Crippen LogP contribution in [0.5, 0.6) is 0 Å². The van der Waals surface area contributed by atoms with Crippen LogP contribution in [0.3, 0.4) is 0 Å². The number of oxazole rings is 1.